The second kappa shape index (κ2) is 1.91. The highest BCUT2D eigenvalue weighted by atomic mass is 16.4. The molecule has 0 saturated heterocycles. The Morgan fingerprint density at radius 2 is 2.45 bits per heavy atom. The smallest absolute Gasteiger partial charge is 0.404 e. The maximum Gasteiger partial charge on any atom is 0.420 e. The van der Waals surface area contributed by atoms with E-state index in [1.54, 1.807) is 7.05 Å². The molecule has 0 fully saturated rings. The van der Waals surface area contributed by atoms with E-state index < -0.39 is 5.76 Å². The van der Waals surface area contributed by atoms with Crippen LogP contribution in [-0.4, -0.2) is 14.5 Å². The minimum atomic E-state index is -0.416. The molecule has 0 atom stereocenters. The quantitative estimate of drug-likeness (QED) is 0.528. The van der Waals surface area contributed by atoms with Crippen LogP contribution in [0.3, 0.4) is 0 Å². The number of nitrogens with zero attached hydrogens (tertiary/aromatic N) is 3. The van der Waals surface area contributed by atoms with Gasteiger partial charge in [-0.2, -0.15) is 0 Å². The van der Waals surface area contributed by atoms with Gasteiger partial charge in [0.2, 0.25) is 0 Å². The van der Waals surface area contributed by atoms with Crippen molar-refractivity contribution in [2.45, 2.75) is 0 Å². The lowest BCUT2D eigenvalue weighted by Gasteiger charge is -1.85. The standard InChI is InChI=1S/C6H5N3O2/c1-9-5-4(11-6(9)10)2-7-3-8-5/h2-3H,1H3. The predicted molar refractivity (Wildman–Crippen MR) is 37.0 cm³/mol. The zero-order valence-corrected chi connectivity index (χ0v) is 5.81. The van der Waals surface area contributed by atoms with E-state index in [-0.39, 0.29) is 0 Å². The molecule has 56 valence electrons. The van der Waals surface area contributed by atoms with E-state index in [1.165, 1.54) is 17.1 Å². The molecule has 2 aromatic heterocycles. The van der Waals surface area contributed by atoms with Gasteiger partial charge in [-0.25, -0.2) is 14.8 Å². The van der Waals surface area contributed by atoms with E-state index in [1.807, 2.05) is 0 Å². The van der Waals surface area contributed by atoms with Gasteiger partial charge in [-0.15, -0.1) is 0 Å². The van der Waals surface area contributed by atoms with Gasteiger partial charge in [-0.05, 0) is 0 Å². The van der Waals surface area contributed by atoms with Gasteiger partial charge >= 0.3 is 5.76 Å². The fourth-order valence-corrected chi connectivity index (χ4v) is 0.883. The summed E-state index contributed by atoms with van der Waals surface area (Å²) in [5.41, 5.74) is 0.935. The van der Waals surface area contributed by atoms with Gasteiger partial charge < -0.3 is 4.42 Å². The summed E-state index contributed by atoms with van der Waals surface area (Å²) in [5, 5.41) is 0. The summed E-state index contributed by atoms with van der Waals surface area (Å²) in [6.45, 7) is 0. The first-order chi connectivity index (χ1) is 5.29. The number of rotatable bonds is 0. The van der Waals surface area contributed by atoms with Crippen molar-refractivity contribution in [3.63, 3.8) is 0 Å². The molecule has 0 saturated carbocycles. The minimum absolute atomic E-state index is 0.416. The monoisotopic (exact) mass is 151 g/mol. The van der Waals surface area contributed by atoms with E-state index in [0.29, 0.717) is 11.2 Å². The maximum atomic E-state index is 10.9. The maximum absolute atomic E-state index is 10.9. The van der Waals surface area contributed by atoms with Crippen molar-refractivity contribution >= 4 is 11.2 Å². The third-order valence-electron chi connectivity index (χ3n) is 1.45. The summed E-state index contributed by atoms with van der Waals surface area (Å²) < 4.78 is 6.11. The summed E-state index contributed by atoms with van der Waals surface area (Å²) in [6, 6.07) is 0. The van der Waals surface area contributed by atoms with Crippen LogP contribution in [0.4, 0.5) is 0 Å². The first-order valence-corrected chi connectivity index (χ1v) is 3.04. The summed E-state index contributed by atoms with van der Waals surface area (Å²) in [5.74, 6) is -0.416. The fourth-order valence-electron chi connectivity index (χ4n) is 0.883. The minimum Gasteiger partial charge on any atom is -0.404 e. The molecule has 0 aromatic carbocycles. The Bertz CT molecular complexity index is 442. The summed E-state index contributed by atoms with van der Waals surface area (Å²) in [7, 11) is 1.60. The molecule has 5 heteroatoms. The van der Waals surface area contributed by atoms with Crippen molar-refractivity contribution in [1.29, 1.82) is 0 Å². The Balaban J connectivity index is 3.04. The van der Waals surface area contributed by atoms with Crippen LogP contribution in [-0.2, 0) is 7.05 Å². The Hall–Kier alpha value is -1.65. The van der Waals surface area contributed by atoms with Crippen LogP contribution in [0.5, 0.6) is 0 Å². The van der Waals surface area contributed by atoms with Gasteiger partial charge in [-0.1, -0.05) is 0 Å². The Kier molecular flexibility index (Phi) is 1.06. The molecule has 0 spiro atoms. The van der Waals surface area contributed by atoms with Gasteiger partial charge in [0.05, 0.1) is 6.20 Å². The van der Waals surface area contributed by atoms with Crippen LogP contribution >= 0.6 is 0 Å². The van der Waals surface area contributed by atoms with Gasteiger partial charge in [0.15, 0.2) is 11.2 Å². The van der Waals surface area contributed by atoms with Gasteiger partial charge in [0.1, 0.15) is 6.33 Å². The highest BCUT2D eigenvalue weighted by Gasteiger charge is 2.04. The number of hydrogen-bond acceptors (Lipinski definition) is 4. The highest BCUT2D eigenvalue weighted by Crippen LogP contribution is 2.03. The molecular weight excluding hydrogens is 146 g/mol. The number of aryl methyl sites for hydroxylation is 1. The number of aromatic nitrogens is 3. The average molecular weight is 151 g/mol. The third-order valence-corrected chi connectivity index (χ3v) is 1.45. The highest BCUT2D eigenvalue weighted by molar-refractivity contribution is 5.65. The van der Waals surface area contributed by atoms with Crippen molar-refractivity contribution < 1.29 is 4.42 Å². The summed E-state index contributed by atoms with van der Waals surface area (Å²) in [6.07, 6.45) is 2.83. The summed E-state index contributed by atoms with van der Waals surface area (Å²) in [4.78, 5) is 18.4. The zero-order valence-electron chi connectivity index (χ0n) is 5.81. The zero-order chi connectivity index (χ0) is 7.84. The largest absolute Gasteiger partial charge is 0.420 e. The van der Waals surface area contributed by atoms with Crippen LogP contribution < -0.4 is 5.76 Å². The second-order valence-electron chi connectivity index (χ2n) is 2.14. The van der Waals surface area contributed by atoms with Crippen LogP contribution in [0.25, 0.3) is 11.2 Å². The van der Waals surface area contributed by atoms with Crippen molar-refractivity contribution in [1.82, 2.24) is 14.5 Å². The van der Waals surface area contributed by atoms with Crippen LogP contribution in [0.2, 0.25) is 0 Å². The first kappa shape index (κ1) is 6.09. The Morgan fingerprint density at radius 3 is 3.18 bits per heavy atom. The normalized spacial score (nSPS) is 10.6. The number of oxazole rings is 1. The lowest BCUT2D eigenvalue weighted by molar-refractivity contribution is 0.527. The lowest BCUT2D eigenvalue weighted by Crippen LogP contribution is -2.08. The topological polar surface area (TPSA) is 60.9 Å². The molecule has 0 aliphatic carbocycles. The molecule has 2 heterocycles. The molecule has 0 unspecified atom stereocenters. The van der Waals surface area contributed by atoms with E-state index >= 15 is 0 Å². The lowest BCUT2D eigenvalue weighted by atomic mass is 10.6. The first-order valence-electron chi connectivity index (χ1n) is 3.04. The van der Waals surface area contributed by atoms with E-state index in [2.05, 4.69) is 9.97 Å². The van der Waals surface area contributed by atoms with Gasteiger partial charge in [-0.3, -0.25) is 4.57 Å². The molecule has 0 radical (unpaired) electrons. The molecule has 0 N–H and O–H groups in total. The van der Waals surface area contributed by atoms with Crippen LogP contribution in [0.15, 0.2) is 21.7 Å². The second-order valence-corrected chi connectivity index (χ2v) is 2.14. The molecule has 5 nitrogen and oxygen atoms in total. The average Bonchev–Trinajstić information content (AvgIpc) is 2.30. The molecule has 0 aliphatic heterocycles. The van der Waals surface area contributed by atoms with E-state index in [0.717, 1.165) is 0 Å². The summed E-state index contributed by atoms with van der Waals surface area (Å²) >= 11 is 0. The molecule has 2 aromatic rings. The van der Waals surface area contributed by atoms with Gasteiger partial charge in [0, 0.05) is 7.05 Å². The third kappa shape index (κ3) is 0.739. The van der Waals surface area contributed by atoms with Crippen molar-refractivity contribution in [2.24, 2.45) is 7.05 Å². The predicted octanol–water partition coefficient (Wildman–Crippen LogP) is -0.0785. The van der Waals surface area contributed by atoms with Gasteiger partial charge in [0.25, 0.3) is 0 Å². The molecule has 0 aliphatic rings. The molecule has 0 bridgehead atoms. The molecule has 0 amide bonds. The van der Waals surface area contributed by atoms with Crippen LogP contribution in [0.1, 0.15) is 0 Å². The number of fused-ring (bicyclic) bond motifs is 1. The molecular formula is C6H5N3O2. The Morgan fingerprint density at radius 1 is 1.64 bits per heavy atom. The Labute approximate surface area is 61.3 Å². The van der Waals surface area contributed by atoms with Crippen molar-refractivity contribution in [3.8, 4) is 0 Å². The number of hydrogen-bond donors (Lipinski definition) is 0. The van der Waals surface area contributed by atoms with E-state index in [4.69, 9.17) is 4.42 Å². The fraction of sp³-hybridized carbons (Fsp3) is 0.167. The van der Waals surface area contributed by atoms with Crippen LogP contribution in [0, 0.1) is 0 Å². The van der Waals surface area contributed by atoms with E-state index in [9.17, 15) is 4.79 Å². The van der Waals surface area contributed by atoms with Crippen molar-refractivity contribution in [2.75, 3.05) is 0 Å². The molecule has 11 heavy (non-hydrogen) atoms. The molecule has 2 rings (SSSR count). The van der Waals surface area contributed by atoms with Crippen molar-refractivity contribution in [3.05, 3.63) is 23.1 Å². The SMILES string of the molecule is Cn1c(=O)oc2cncnc21.